The first-order valence-corrected chi connectivity index (χ1v) is 8.52. The minimum Gasteiger partial charge on any atom is -0.373 e. The van der Waals surface area contributed by atoms with Gasteiger partial charge in [-0.2, -0.15) is 9.40 Å². The molecule has 0 bridgehead atoms. The van der Waals surface area contributed by atoms with E-state index in [1.54, 1.807) is 18.3 Å². The predicted octanol–water partition coefficient (Wildman–Crippen LogP) is 1.07. The van der Waals surface area contributed by atoms with Crippen LogP contribution in [-0.2, 0) is 14.8 Å². The summed E-state index contributed by atoms with van der Waals surface area (Å²) < 4.78 is 33.9. The third-order valence-corrected chi connectivity index (χ3v) is 5.25. The maximum Gasteiger partial charge on any atom is 0.246 e. The number of nitrogens with zero attached hydrogens (tertiary/aromatic N) is 4. The summed E-state index contributed by atoms with van der Waals surface area (Å²) in [4.78, 5) is 4.32. The van der Waals surface area contributed by atoms with E-state index in [1.165, 1.54) is 21.4 Å². The van der Waals surface area contributed by atoms with E-state index in [-0.39, 0.29) is 17.1 Å². The molecule has 0 unspecified atom stereocenters. The molecule has 0 aliphatic carbocycles. The van der Waals surface area contributed by atoms with Crippen molar-refractivity contribution in [3.8, 4) is 5.82 Å². The molecule has 1 aliphatic heterocycles. The monoisotopic (exact) mass is 322 g/mol. The van der Waals surface area contributed by atoms with Crippen molar-refractivity contribution in [2.75, 3.05) is 13.1 Å². The van der Waals surface area contributed by atoms with E-state index in [0.717, 1.165) is 0 Å². The lowest BCUT2D eigenvalue weighted by molar-refractivity contribution is -0.0440. The standard InChI is InChI=1S/C14H18N4O3S/c1-11-8-17(9-12(2)21-11)22(19,20)13-7-16-18(10-13)14-5-3-4-6-15-14/h3-7,10-12H,8-9H2,1-2H3/t11-,12+. The van der Waals surface area contributed by atoms with Crippen molar-refractivity contribution in [1.82, 2.24) is 19.1 Å². The quantitative estimate of drug-likeness (QED) is 0.844. The van der Waals surface area contributed by atoms with Crippen molar-refractivity contribution in [3.05, 3.63) is 36.8 Å². The fourth-order valence-corrected chi connectivity index (χ4v) is 4.05. The second-order valence-corrected chi connectivity index (χ2v) is 7.33. The highest BCUT2D eigenvalue weighted by molar-refractivity contribution is 7.89. The van der Waals surface area contributed by atoms with E-state index in [9.17, 15) is 8.42 Å². The molecular weight excluding hydrogens is 304 g/mol. The SMILES string of the molecule is C[C@@H]1CN(S(=O)(=O)c2cnn(-c3ccccn3)c2)C[C@H](C)O1. The molecule has 7 nitrogen and oxygen atoms in total. The molecule has 1 fully saturated rings. The number of aromatic nitrogens is 3. The molecule has 0 spiro atoms. The van der Waals surface area contributed by atoms with Crippen molar-refractivity contribution in [2.24, 2.45) is 0 Å². The molecule has 3 rings (SSSR count). The van der Waals surface area contributed by atoms with Crippen molar-refractivity contribution in [3.63, 3.8) is 0 Å². The Morgan fingerprint density at radius 2 is 1.95 bits per heavy atom. The molecule has 8 heteroatoms. The molecule has 2 aromatic rings. The van der Waals surface area contributed by atoms with Gasteiger partial charge in [-0.25, -0.2) is 18.1 Å². The van der Waals surface area contributed by atoms with Gasteiger partial charge < -0.3 is 4.74 Å². The topological polar surface area (TPSA) is 77.3 Å². The van der Waals surface area contributed by atoms with Crippen molar-refractivity contribution in [2.45, 2.75) is 31.0 Å². The van der Waals surface area contributed by atoms with Crippen LogP contribution in [-0.4, -0.2) is 52.8 Å². The van der Waals surface area contributed by atoms with E-state index in [4.69, 9.17) is 4.74 Å². The lowest BCUT2D eigenvalue weighted by Gasteiger charge is -2.34. The van der Waals surface area contributed by atoms with Crippen LogP contribution in [0.3, 0.4) is 0 Å². The number of rotatable bonds is 3. The maximum atomic E-state index is 12.7. The van der Waals surface area contributed by atoms with Gasteiger partial charge in [-0.05, 0) is 26.0 Å². The van der Waals surface area contributed by atoms with Crippen LogP contribution in [0.1, 0.15) is 13.8 Å². The summed E-state index contributed by atoms with van der Waals surface area (Å²) in [5.74, 6) is 0.577. The molecule has 0 saturated carbocycles. The Balaban J connectivity index is 1.89. The normalized spacial score (nSPS) is 23.5. The number of pyridine rings is 1. The summed E-state index contributed by atoms with van der Waals surface area (Å²) >= 11 is 0. The molecule has 0 amide bonds. The number of morpholine rings is 1. The van der Waals surface area contributed by atoms with Crippen LogP contribution < -0.4 is 0 Å². The predicted molar refractivity (Wildman–Crippen MR) is 80.1 cm³/mol. The lowest BCUT2D eigenvalue weighted by atomic mass is 10.3. The number of ether oxygens (including phenoxy) is 1. The van der Waals surface area contributed by atoms with E-state index in [0.29, 0.717) is 18.9 Å². The van der Waals surface area contributed by atoms with E-state index in [1.807, 2.05) is 19.9 Å². The average Bonchev–Trinajstić information content (AvgIpc) is 2.98. The number of hydrogen-bond donors (Lipinski definition) is 0. The third-order valence-electron chi connectivity index (χ3n) is 3.47. The summed E-state index contributed by atoms with van der Waals surface area (Å²) in [6.07, 6.45) is 4.24. The smallest absolute Gasteiger partial charge is 0.246 e. The van der Waals surface area contributed by atoms with Crippen LogP contribution >= 0.6 is 0 Å². The van der Waals surface area contributed by atoms with Crippen molar-refractivity contribution >= 4 is 10.0 Å². The van der Waals surface area contributed by atoms with E-state index < -0.39 is 10.0 Å². The second kappa shape index (κ2) is 5.79. The zero-order valence-corrected chi connectivity index (χ0v) is 13.3. The zero-order valence-electron chi connectivity index (χ0n) is 12.5. The van der Waals surface area contributed by atoms with Gasteiger partial charge in [0, 0.05) is 19.3 Å². The maximum absolute atomic E-state index is 12.7. The highest BCUT2D eigenvalue weighted by Gasteiger charge is 2.33. The molecular formula is C14H18N4O3S. The first-order chi connectivity index (χ1) is 10.5. The van der Waals surface area contributed by atoms with Gasteiger partial charge in [-0.1, -0.05) is 6.07 Å². The van der Waals surface area contributed by atoms with Gasteiger partial charge in [0.25, 0.3) is 0 Å². The van der Waals surface area contributed by atoms with Crippen LogP contribution in [0, 0.1) is 0 Å². The third kappa shape index (κ3) is 2.90. The van der Waals surface area contributed by atoms with Gasteiger partial charge in [0.2, 0.25) is 10.0 Å². The fraction of sp³-hybridized carbons (Fsp3) is 0.429. The number of hydrogen-bond acceptors (Lipinski definition) is 5. The Labute approximate surface area is 129 Å². The van der Waals surface area contributed by atoms with E-state index in [2.05, 4.69) is 10.1 Å². The number of sulfonamides is 1. The van der Waals surface area contributed by atoms with Crippen LogP contribution in [0.4, 0.5) is 0 Å². The van der Waals surface area contributed by atoms with Gasteiger partial charge in [-0.3, -0.25) is 0 Å². The van der Waals surface area contributed by atoms with Gasteiger partial charge in [0.1, 0.15) is 4.90 Å². The molecule has 22 heavy (non-hydrogen) atoms. The molecule has 1 saturated heterocycles. The van der Waals surface area contributed by atoms with E-state index >= 15 is 0 Å². The Bertz CT molecular complexity index is 734. The molecule has 0 aromatic carbocycles. The molecule has 2 atom stereocenters. The summed E-state index contributed by atoms with van der Waals surface area (Å²) in [6.45, 7) is 4.44. The molecule has 118 valence electrons. The molecule has 0 N–H and O–H groups in total. The van der Waals surface area contributed by atoms with Crippen LogP contribution in [0.2, 0.25) is 0 Å². The largest absolute Gasteiger partial charge is 0.373 e. The fourth-order valence-electron chi connectivity index (χ4n) is 2.53. The molecule has 1 aliphatic rings. The van der Waals surface area contributed by atoms with Gasteiger partial charge in [0.05, 0.1) is 24.6 Å². The Kier molecular flexibility index (Phi) is 3.98. The van der Waals surface area contributed by atoms with Crippen LogP contribution in [0.5, 0.6) is 0 Å². The highest BCUT2D eigenvalue weighted by atomic mass is 32.2. The van der Waals surface area contributed by atoms with Crippen molar-refractivity contribution in [1.29, 1.82) is 0 Å². The minimum absolute atomic E-state index is 0.121. The first-order valence-electron chi connectivity index (χ1n) is 7.08. The van der Waals surface area contributed by atoms with Crippen LogP contribution in [0.25, 0.3) is 5.82 Å². The Morgan fingerprint density at radius 3 is 2.59 bits per heavy atom. The summed E-state index contributed by atoms with van der Waals surface area (Å²) in [6, 6.07) is 5.38. The Hall–Kier alpha value is -1.77. The summed E-state index contributed by atoms with van der Waals surface area (Å²) in [5, 5.41) is 4.10. The molecule has 3 heterocycles. The van der Waals surface area contributed by atoms with Crippen LogP contribution in [0.15, 0.2) is 41.7 Å². The first kappa shape index (κ1) is 15.1. The van der Waals surface area contributed by atoms with Crippen molar-refractivity contribution < 1.29 is 13.2 Å². The lowest BCUT2D eigenvalue weighted by Crippen LogP contribution is -2.48. The second-order valence-electron chi connectivity index (χ2n) is 5.39. The highest BCUT2D eigenvalue weighted by Crippen LogP contribution is 2.21. The average molecular weight is 322 g/mol. The van der Waals surface area contributed by atoms with Gasteiger partial charge >= 0.3 is 0 Å². The molecule has 2 aromatic heterocycles. The minimum atomic E-state index is -3.57. The summed E-state index contributed by atoms with van der Waals surface area (Å²) in [7, 11) is -3.57. The van der Waals surface area contributed by atoms with Gasteiger partial charge in [-0.15, -0.1) is 0 Å². The molecule has 0 radical (unpaired) electrons. The zero-order chi connectivity index (χ0) is 15.7. The van der Waals surface area contributed by atoms with Gasteiger partial charge in [0.15, 0.2) is 5.82 Å². The summed E-state index contributed by atoms with van der Waals surface area (Å²) in [5.41, 5.74) is 0. The Morgan fingerprint density at radius 1 is 1.23 bits per heavy atom.